The maximum Gasteiger partial charge on any atom is 0.104 e. The highest BCUT2D eigenvalue weighted by Crippen LogP contribution is 2.46. The van der Waals surface area contributed by atoms with E-state index in [9.17, 15) is 0 Å². The van der Waals surface area contributed by atoms with Crippen LogP contribution in [-0.2, 0) is 0 Å². The molecule has 0 spiro atoms. The van der Waals surface area contributed by atoms with Gasteiger partial charge in [-0.3, -0.25) is 4.90 Å². The van der Waals surface area contributed by atoms with Crippen LogP contribution in [0.1, 0.15) is 25.7 Å². The smallest absolute Gasteiger partial charge is 0.104 e. The molecular formula is C11H17NS2. The lowest BCUT2D eigenvalue weighted by atomic mass is 9.94. The van der Waals surface area contributed by atoms with E-state index in [2.05, 4.69) is 29.6 Å². The lowest BCUT2D eigenvalue weighted by Crippen LogP contribution is -2.36. The van der Waals surface area contributed by atoms with Crippen molar-refractivity contribution in [3.05, 3.63) is 0 Å². The van der Waals surface area contributed by atoms with Gasteiger partial charge in [0.1, 0.15) is 4.71 Å². The molecule has 1 heterocycles. The number of thioether (sulfide) groups is 2. The molecule has 3 atom stereocenters. The Kier molecular flexibility index (Phi) is 3.70. The molecule has 78 valence electrons. The Balaban J connectivity index is 1.93. The van der Waals surface area contributed by atoms with Crippen LogP contribution in [0, 0.1) is 12.3 Å². The van der Waals surface area contributed by atoms with Gasteiger partial charge in [0.15, 0.2) is 0 Å². The molecule has 1 aliphatic carbocycles. The molecule has 2 rings (SSSR count). The highest BCUT2D eigenvalue weighted by molar-refractivity contribution is 8.17. The van der Waals surface area contributed by atoms with Crippen molar-refractivity contribution in [1.29, 1.82) is 0 Å². The molecule has 3 unspecified atom stereocenters. The normalized spacial score (nSPS) is 37.9. The van der Waals surface area contributed by atoms with Crippen LogP contribution in [-0.4, -0.2) is 33.7 Å². The summed E-state index contributed by atoms with van der Waals surface area (Å²) >= 11 is 4.05. The molecule has 14 heavy (non-hydrogen) atoms. The van der Waals surface area contributed by atoms with Crippen LogP contribution >= 0.6 is 23.5 Å². The summed E-state index contributed by atoms with van der Waals surface area (Å²) in [6.45, 7) is 0. The second-order valence-electron chi connectivity index (χ2n) is 4.01. The van der Waals surface area contributed by atoms with Crippen LogP contribution < -0.4 is 0 Å². The van der Waals surface area contributed by atoms with Crippen molar-refractivity contribution in [2.45, 2.75) is 41.7 Å². The van der Waals surface area contributed by atoms with E-state index in [0.717, 1.165) is 17.0 Å². The molecule has 2 aliphatic rings. The summed E-state index contributed by atoms with van der Waals surface area (Å²) in [4.78, 5) is 2.54. The summed E-state index contributed by atoms with van der Waals surface area (Å²) in [6, 6.07) is 0.823. The monoisotopic (exact) mass is 227 g/mol. The summed E-state index contributed by atoms with van der Waals surface area (Å²) in [5, 5.41) is 0.879. The van der Waals surface area contributed by atoms with E-state index in [1.54, 1.807) is 0 Å². The van der Waals surface area contributed by atoms with Crippen molar-refractivity contribution in [2.24, 2.45) is 0 Å². The van der Waals surface area contributed by atoms with E-state index in [1.807, 2.05) is 11.8 Å². The minimum atomic E-state index is 0.610. The standard InChI is InChI=1S/C11H17NS2/c1-3-8-13-11-12(2)9-6-4-5-7-10(9)14-11/h1,9-11H,4-8H2,2H3. The Hall–Kier alpha value is 0.220. The summed E-state index contributed by atoms with van der Waals surface area (Å²) < 4.78 is 0.610. The summed E-state index contributed by atoms with van der Waals surface area (Å²) in [7, 11) is 2.26. The number of nitrogens with zero attached hydrogens (tertiary/aromatic N) is 1. The zero-order valence-electron chi connectivity index (χ0n) is 8.61. The van der Waals surface area contributed by atoms with Crippen molar-refractivity contribution >= 4 is 23.5 Å². The second kappa shape index (κ2) is 4.83. The zero-order chi connectivity index (χ0) is 9.97. The van der Waals surface area contributed by atoms with Crippen molar-refractivity contribution in [1.82, 2.24) is 4.90 Å². The fraction of sp³-hybridized carbons (Fsp3) is 0.818. The molecule has 1 saturated heterocycles. The van der Waals surface area contributed by atoms with Crippen LogP contribution in [0.4, 0.5) is 0 Å². The molecule has 0 radical (unpaired) electrons. The number of hydrogen-bond donors (Lipinski definition) is 0. The SMILES string of the molecule is C#CCSC1SC2CCCCC2N1C. The molecule has 0 bridgehead atoms. The van der Waals surface area contributed by atoms with Crippen LogP contribution in [0.2, 0.25) is 0 Å². The molecule has 0 aromatic heterocycles. The Labute approximate surface area is 95.4 Å². The van der Waals surface area contributed by atoms with E-state index in [4.69, 9.17) is 6.42 Å². The van der Waals surface area contributed by atoms with Gasteiger partial charge in [-0.1, -0.05) is 18.8 Å². The Bertz CT molecular complexity index is 236. The lowest BCUT2D eigenvalue weighted by Gasteiger charge is -2.29. The predicted molar refractivity (Wildman–Crippen MR) is 66.5 cm³/mol. The molecule has 3 heteroatoms. The fourth-order valence-corrected chi connectivity index (χ4v) is 5.42. The van der Waals surface area contributed by atoms with Crippen LogP contribution in [0.15, 0.2) is 0 Å². The first-order chi connectivity index (χ1) is 6.83. The molecule has 0 amide bonds. The maximum atomic E-state index is 5.30. The fourth-order valence-electron chi connectivity index (χ4n) is 2.38. The van der Waals surface area contributed by atoms with Gasteiger partial charge in [0.25, 0.3) is 0 Å². The highest BCUT2D eigenvalue weighted by atomic mass is 32.2. The van der Waals surface area contributed by atoms with Gasteiger partial charge in [-0.25, -0.2) is 0 Å². The van der Waals surface area contributed by atoms with Gasteiger partial charge in [-0.15, -0.1) is 29.9 Å². The molecule has 1 aliphatic heterocycles. The van der Waals surface area contributed by atoms with Gasteiger partial charge in [-0.2, -0.15) is 0 Å². The van der Waals surface area contributed by atoms with Crippen LogP contribution in [0.3, 0.4) is 0 Å². The van der Waals surface area contributed by atoms with Crippen molar-refractivity contribution in [3.8, 4) is 12.3 Å². The summed E-state index contributed by atoms with van der Waals surface area (Å²) in [5.74, 6) is 3.57. The minimum Gasteiger partial charge on any atom is -0.282 e. The van der Waals surface area contributed by atoms with Crippen molar-refractivity contribution in [2.75, 3.05) is 12.8 Å². The van der Waals surface area contributed by atoms with Crippen LogP contribution in [0.5, 0.6) is 0 Å². The third kappa shape index (κ3) is 2.08. The summed E-state index contributed by atoms with van der Waals surface area (Å²) in [5.41, 5.74) is 0. The molecule has 1 nitrogen and oxygen atoms in total. The van der Waals surface area contributed by atoms with E-state index >= 15 is 0 Å². The Morgan fingerprint density at radius 3 is 3.00 bits per heavy atom. The first-order valence-electron chi connectivity index (χ1n) is 5.25. The lowest BCUT2D eigenvalue weighted by molar-refractivity contribution is 0.238. The number of fused-ring (bicyclic) bond motifs is 1. The van der Waals surface area contributed by atoms with Crippen molar-refractivity contribution in [3.63, 3.8) is 0 Å². The predicted octanol–water partition coefficient (Wildman–Crippen LogP) is 2.63. The average molecular weight is 227 g/mol. The largest absolute Gasteiger partial charge is 0.282 e. The van der Waals surface area contributed by atoms with Gasteiger partial charge in [0, 0.05) is 11.3 Å². The maximum absolute atomic E-state index is 5.30. The highest BCUT2D eigenvalue weighted by Gasteiger charge is 2.40. The molecule has 2 fully saturated rings. The summed E-state index contributed by atoms with van der Waals surface area (Å²) in [6.07, 6.45) is 10.9. The molecule has 0 aromatic rings. The van der Waals surface area contributed by atoms with Gasteiger partial charge in [0.05, 0.1) is 5.75 Å². The topological polar surface area (TPSA) is 3.24 Å². The third-order valence-electron chi connectivity index (χ3n) is 3.12. The molecule has 0 N–H and O–H groups in total. The quantitative estimate of drug-likeness (QED) is 0.668. The first-order valence-corrected chi connectivity index (χ1v) is 7.24. The first kappa shape index (κ1) is 10.7. The molecule has 0 aromatic carbocycles. The van der Waals surface area contributed by atoms with E-state index in [1.165, 1.54) is 25.7 Å². The molecular weight excluding hydrogens is 210 g/mol. The number of rotatable bonds is 2. The number of terminal acetylenes is 1. The average Bonchev–Trinajstić information content (AvgIpc) is 2.54. The van der Waals surface area contributed by atoms with Crippen molar-refractivity contribution < 1.29 is 0 Å². The Morgan fingerprint density at radius 2 is 2.29 bits per heavy atom. The van der Waals surface area contributed by atoms with Gasteiger partial charge in [-0.05, 0) is 19.9 Å². The second-order valence-corrected chi connectivity index (χ2v) is 6.71. The van der Waals surface area contributed by atoms with Gasteiger partial charge in [0.2, 0.25) is 0 Å². The van der Waals surface area contributed by atoms with Crippen LogP contribution in [0.25, 0.3) is 0 Å². The van der Waals surface area contributed by atoms with Gasteiger partial charge < -0.3 is 0 Å². The third-order valence-corrected chi connectivity index (χ3v) is 6.28. The molecule has 1 saturated carbocycles. The number of hydrogen-bond acceptors (Lipinski definition) is 3. The van der Waals surface area contributed by atoms with Gasteiger partial charge >= 0.3 is 0 Å². The van der Waals surface area contributed by atoms with E-state index in [0.29, 0.717) is 4.71 Å². The minimum absolute atomic E-state index is 0.610. The van der Waals surface area contributed by atoms with E-state index in [-0.39, 0.29) is 0 Å². The zero-order valence-corrected chi connectivity index (χ0v) is 10.2. The Morgan fingerprint density at radius 1 is 1.50 bits per heavy atom. The van der Waals surface area contributed by atoms with E-state index < -0.39 is 0 Å².